The van der Waals surface area contributed by atoms with Crippen LogP contribution >= 0.6 is 0 Å². The van der Waals surface area contributed by atoms with Gasteiger partial charge in [0, 0.05) is 13.1 Å². The molecule has 2 nitrogen and oxygen atoms in total. The molecule has 1 rings (SSSR count). The van der Waals surface area contributed by atoms with Gasteiger partial charge in [-0.25, -0.2) is 4.39 Å². The van der Waals surface area contributed by atoms with E-state index in [0.717, 1.165) is 12.1 Å². The number of nitrogens with one attached hydrogen (secondary N) is 1. The third-order valence-corrected chi connectivity index (χ3v) is 2.22. The number of alkyl halides is 3. The zero-order valence-corrected chi connectivity index (χ0v) is 10.1. The fourth-order valence-corrected chi connectivity index (χ4v) is 1.41. The lowest BCUT2D eigenvalue weighted by Crippen LogP contribution is -2.34. The maximum Gasteiger partial charge on any atom is 0.419 e. The maximum atomic E-state index is 13.0. The summed E-state index contributed by atoms with van der Waals surface area (Å²) in [4.78, 5) is 0. The van der Waals surface area contributed by atoms with Crippen LogP contribution < -0.4 is 5.32 Å². The summed E-state index contributed by atoms with van der Waals surface area (Å²) in [5.74, 6) is -1.28. The van der Waals surface area contributed by atoms with E-state index in [2.05, 4.69) is 5.32 Å². The minimum Gasteiger partial charge on any atom is -0.389 e. The van der Waals surface area contributed by atoms with E-state index in [-0.39, 0.29) is 13.1 Å². The second kappa shape index (κ2) is 5.24. The minimum absolute atomic E-state index is 0.132. The molecule has 0 atom stereocenters. The summed E-state index contributed by atoms with van der Waals surface area (Å²) in [6, 6.07) is 2.85. The topological polar surface area (TPSA) is 32.3 Å². The van der Waals surface area contributed by atoms with Gasteiger partial charge in [-0.05, 0) is 31.5 Å². The van der Waals surface area contributed by atoms with Crippen LogP contribution in [0, 0.1) is 5.82 Å². The average molecular weight is 265 g/mol. The van der Waals surface area contributed by atoms with E-state index in [9.17, 15) is 22.7 Å². The molecule has 18 heavy (non-hydrogen) atoms. The molecule has 0 unspecified atom stereocenters. The molecule has 1 aromatic rings. The predicted octanol–water partition coefficient (Wildman–Crippen LogP) is 2.71. The molecule has 1 aromatic carbocycles. The van der Waals surface area contributed by atoms with E-state index < -0.39 is 23.2 Å². The molecule has 2 N–H and O–H groups in total. The van der Waals surface area contributed by atoms with Gasteiger partial charge in [0.15, 0.2) is 0 Å². The molecule has 0 aliphatic heterocycles. The highest BCUT2D eigenvalue weighted by molar-refractivity contribution is 5.27. The van der Waals surface area contributed by atoms with Crippen LogP contribution in [-0.4, -0.2) is 17.3 Å². The Kier molecular flexibility index (Phi) is 4.34. The molecule has 0 spiro atoms. The zero-order valence-electron chi connectivity index (χ0n) is 10.1. The van der Waals surface area contributed by atoms with Crippen molar-refractivity contribution in [3.8, 4) is 0 Å². The van der Waals surface area contributed by atoms with Crippen LogP contribution in [-0.2, 0) is 12.7 Å². The standard InChI is InChI=1S/C12H15F4NO/c1-11(2,18)7-17-6-8-3-4-10(13)9(5-8)12(14,15)16/h3-5,17-18H,6-7H2,1-2H3. The Hall–Kier alpha value is -1.14. The SMILES string of the molecule is CC(C)(O)CNCc1ccc(F)c(C(F)(F)F)c1. The van der Waals surface area contributed by atoms with Gasteiger partial charge in [-0.2, -0.15) is 13.2 Å². The summed E-state index contributed by atoms with van der Waals surface area (Å²) in [6.45, 7) is 3.51. The molecule has 6 heteroatoms. The molecule has 0 amide bonds. The number of rotatable bonds is 4. The third kappa shape index (κ3) is 4.62. The monoisotopic (exact) mass is 265 g/mol. The molecule has 0 aromatic heterocycles. The van der Waals surface area contributed by atoms with Gasteiger partial charge in [0.1, 0.15) is 5.82 Å². The van der Waals surface area contributed by atoms with Gasteiger partial charge in [-0.15, -0.1) is 0 Å². The van der Waals surface area contributed by atoms with Crippen LogP contribution in [0.5, 0.6) is 0 Å². The van der Waals surface area contributed by atoms with Gasteiger partial charge in [0.2, 0.25) is 0 Å². The van der Waals surface area contributed by atoms with Crippen LogP contribution in [0.4, 0.5) is 17.6 Å². The van der Waals surface area contributed by atoms with Crippen molar-refractivity contribution in [2.45, 2.75) is 32.2 Å². The lowest BCUT2D eigenvalue weighted by molar-refractivity contribution is -0.140. The van der Waals surface area contributed by atoms with Gasteiger partial charge in [0.25, 0.3) is 0 Å². The highest BCUT2D eigenvalue weighted by Crippen LogP contribution is 2.31. The van der Waals surface area contributed by atoms with Crippen molar-refractivity contribution in [3.63, 3.8) is 0 Å². The number of halogens is 4. The first-order valence-electron chi connectivity index (χ1n) is 5.38. The second-order valence-electron chi connectivity index (χ2n) is 4.73. The molecule has 0 bridgehead atoms. The highest BCUT2D eigenvalue weighted by atomic mass is 19.4. The molecule has 0 aliphatic carbocycles. The first kappa shape index (κ1) is 14.9. The summed E-state index contributed by atoms with van der Waals surface area (Å²) < 4.78 is 50.3. The van der Waals surface area contributed by atoms with Crippen LogP contribution in [0.25, 0.3) is 0 Å². The third-order valence-electron chi connectivity index (χ3n) is 2.22. The smallest absolute Gasteiger partial charge is 0.389 e. The van der Waals surface area contributed by atoms with Crippen LogP contribution in [0.1, 0.15) is 25.0 Å². The van der Waals surface area contributed by atoms with E-state index in [1.807, 2.05) is 0 Å². The van der Waals surface area contributed by atoms with Crippen LogP contribution in [0.3, 0.4) is 0 Å². The van der Waals surface area contributed by atoms with Crippen molar-refractivity contribution in [2.24, 2.45) is 0 Å². The molecule has 0 heterocycles. The van der Waals surface area contributed by atoms with Crippen molar-refractivity contribution in [2.75, 3.05) is 6.54 Å². The second-order valence-corrected chi connectivity index (χ2v) is 4.73. The average Bonchev–Trinajstić information content (AvgIpc) is 2.17. The maximum absolute atomic E-state index is 13.0. The van der Waals surface area contributed by atoms with Gasteiger partial charge >= 0.3 is 6.18 Å². The largest absolute Gasteiger partial charge is 0.419 e. The van der Waals surface area contributed by atoms with Gasteiger partial charge in [0.05, 0.1) is 11.2 Å². The number of hydrogen-bond acceptors (Lipinski definition) is 2. The van der Waals surface area contributed by atoms with Crippen molar-refractivity contribution >= 4 is 0 Å². The Labute approximate surface area is 103 Å². The summed E-state index contributed by atoms with van der Waals surface area (Å²) in [5, 5.41) is 12.2. The Bertz CT molecular complexity index is 410. The quantitative estimate of drug-likeness (QED) is 0.820. The molecule has 0 radical (unpaired) electrons. The molecular formula is C12H15F4NO. The van der Waals surface area contributed by atoms with E-state index in [1.165, 1.54) is 6.07 Å². The summed E-state index contributed by atoms with van der Waals surface area (Å²) in [5.41, 5.74) is -1.91. The van der Waals surface area contributed by atoms with Gasteiger partial charge in [-0.1, -0.05) is 6.07 Å². The van der Waals surface area contributed by atoms with E-state index >= 15 is 0 Å². The van der Waals surface area contributed by atoms with E-state index in [0.29, 0.717) is 5.56 Å². The van der Waals surface area contributed by atoms with E-state index in [4.69, 9.17) is 0 Å². The Morgan fingerprint density at radius 3 is 2.33 bits per heavy atom. The Balaban J connectivity index is 2.74. The fraction of sp³-hybridized carbons (Fsp3) is 0.500. The molecule has 0 aliphatic rings. The Morgan fingerprint density at radius 2 is 1.83 bits per heavy atom. The number of benzene rings is 1. The van der Waals surface area contributed by atoms with Crippen LogP contribution in [0.2, 0.25) is 0 Å². The molecule has 102 valence electrons. The first-order valence-corrected chi connectivity index (χ1v) is 5.38. The number of aliphatic hydroxyl groups is 1. The molecular weight excluding hydrogens is 250 g/mol. The molecule has 0 saturated carbocycles. The summed E-state index contributed by atoms with van der Waals surface area (Å²) >= 11 is 0. The molecule has 0 saturated heterocycles. The van der Waals surface area contributed by atoms with Crippen molar-refractivity contribution in [1.82, 2.24) is 5.32 Å². The molecule has 0 fully saturated rings. The predicted molar refractivity (Wildman–Crippen MR) is 59.4 cm³/mol. The van der Waals surface area contributed by atoms with Crippen LogP contribution in [0.15, 0.2) is 18.2 Å². The first-order chi connectivity index (χ1) is 8.09. The summed E-state index contributed by atoms with van der Waals surface area (Å²) in [7, 11) is 0. The Morgan fingerprint density at radius 1 is 1.22 bits per heavy atom. The van der Waals surface area contributed by atoms with Gasteiger partial charge < -0.3 is 10.4 Å². The summed E-state index contributed by atoms with van der Waals surface area (Å²) in [6.07, 6.45) is -4.70. The lowest BCUT2D eigenvalue weighted by atomic mass is 10.1. The minimum atomic E-state index is -4.70. The number of hydrogen-bond donors (Lipinski definition) is 2. The normalized spacial score (nSPS) is 12.8. The zero-order chi connectivity index (χ0) is 14.0. The van der Waals surface area contributed by atoms with Gasteiger partial charge in [-0.3, -0.25) is 0 Å². The van der Waals surface area contributed by atoms with Crippen molar-refractivity contribution in [3.05, 3.63) is 35.1 Å². The highest BCUT2D eigenvalue weighted by Gasteiger charge is 2.34. The van der Waals surface area contributed by atoms with Crippen molar-refractivity contribution in [1.29, 1.82) is 0 Å². The lowest BCUT2D eigenvalue weighted by Gasteiger charge is -2.18. The fourth-order valence-electron chi connectivity index (χ4n) is 1.41. The van der Waals surface area contributed by atoms with Crippen molar-refractivity contribution < 1.29 is 22.7 Å². The van der Waals surface area contributed by atoms with E-state index in [1.54, 1.807) is 13.8 Å².